The Morgan fingerprint density at radius 1 is 0.881 bits per heavy atom. The molecule has 59 heavy (non-hydrogen) atoms. The van der Waals surface area contributed by atoms with Gasteiger partial charge in [-0.2, -0.15) is 8.42 Å². The Hall–Kier alpha value is -5.05. The van der Waals surface area contributed by atoms with Crippen molar-refractivity contribution in [3.63, 3.8) is 0 Å². The topological polar surface area (TPSA) is 139 Å². The van der Waals surface area contributed by atoms with E-state index >= 15 is 0 Å². The number of nitroso groups, excluding NO2 is 1. The minimum atomic E-state index is -4.26. The first-order chi connectivity index (χ1) is 28.7. The maximum absolute atomic E-state index is 13.5. The van der Waals surface area contributed by atoms with Gasteiger partial charge in [0.05, 0.1) is 29.4 Å². The molecule has 0 spiro atoms. The third-order valence-electron chi connectivity index (χ3n) is 11.3. The lowest BCUT2D eigenvalue weighted by Gasteiger charge is -2.42. The standard InChI is InChI=1S/C46H52N6O5S2/c1-56-46(33-37-12-8-9-15-42(37)35-10-4-2-5-11-35)23-26-52(27-24-46)39-18-16-36(17-19-39)45(47)50-59(54,55)41-20-21-43(44(32-41)49-53)48-38(22-25-51-28-30-57-31-29-51)34-58-40-13-6-3-7-14-40/h2-21,32,38,48H,22-31,33-34H2,1H3,(H2,47,50)/t38-/m1/s1. The molecule has 2 aliphatic heterocycles. The second-order valence-electron chi connectivity index (χ2n) is 15.1. The van der Waals surface area contributed by atoms with Crippen LogP contribution in [0.15, 0.2) is 147 Å². The summed E-state index contributed by atoms with van der Waals surface area (Å²) in [6.45, 7) is 5.64. The number of rotatable bonds is 17. The number of thioether (sulfide) groups is 1. The van der Waals surface area contributed by atoms with Gasteiger partial charge in [0.25, 0.3) is 10.0 Å². The second-order valence-corrected chi connectivity index (χ2v) is 17.7. The number of sulfonamides is 1. The molecule has 0 aromatic heterocycles. The van der Waals surface area contributed by atoms with Gasteiger partial charge in [0.2, 0.25) is 0 Å². The predicted molar refractivity (Wildman–Crippen MR) is 239 cm³/mol. The van der Waals surface area contributed by atoms with Crippen molar-refractivity contribution in [2.45, 2.75) is 47.1 Å². The maximum atomic E-state index is 13.5. The molecule has 2 heterocycles. The number of hydrogen-bond acceptors (Lipinski definition) is 10. The molecule has 1 atom stereocenters. The first kappa shape index (κ1) is 42.1. The molecule has 7 rings (SSSR count). The van der Waals surface area contributed by atoms with Gasteiger partial charge in [-0.25, -0.2) is 0 Å². The molecular weight excluding hydrogens is 781 g/mol. The van der Waals surface area contributed by atoms with Crippen LogP contribution in [0.25, 0.3) is 11.1 Å². The van der Waals surface area contributed by atoms with Gasteiger partial charge in [0, 0.05) is 74.2 Å². The van der Waals surface area contributed by atoms with Crippen LogP contribution in [0.3, 0.4) is 0 Å². The van der Waals surface area contributed by atoms with E-state index in [-0.39, 0.29) is 28.1 Å². The highest BCUT2D eigenvalue weighted by Crippen LogP contribution is 2.36. The maximum Gasteiger partial charge on any atom is 0.284 e. The molecule has 0 saturated carbocycles. The fraction of sp³-hybridized carbons (Fsp3) is 0.326. The van der Waals surface area contributed by atoms with Gasteiger partial charge in [-0.1, -0.05) is 72.8 Å². The van der Waals surface area contributed by atoms with Gasteiger partial charge in [-0.15, -0.1) is 21.1 Å². The van der Waals surface area contributed by atoms with Crippen molar-refractivity contribution in [3.05, 3.63) is 143 Å². The fourth-order valence-electron chi connectivity index (χ4n) is 7.79. The van der Waals surface area contributed by atoms with Gasteiger partial charge in [0.15, 0.2) is 0 Å². The number of amidine groups is 1. The molecule has 0 aliphatic carbocycles. The van der Waals surface area contributed by atoms with E-state index in [4.69, 9.17) is 15.2 Å². The first-order valence-electron chi connectivity index (χ1n) is 20.1. The van der Waals surface area contributed by atoms with E-state index in [1.807, 2.05) is 43.5 Å². The first-order valence-corrected chi connectivity index (χ1v) is 22.5. The third kappa shape index (κ3) is 11.0. The van der Waals surface area contributed by atoms with Gasteiger partial charge >= 0.3 is 0 Å². The minimum Gasteiger partial charge on any atom is -0.383 e. The zero-order valence-electron chi connectivity index (χ0n) is 33.4. The van der Waals surface area contributed by atoms with Crippen molar-refractivity contribution in [2.75, 3.05) is 69.0 Å². The fourth-order valence-corrected chi connectivity index (χ4v) is 9.75. The molecule has 13 heteroatoms. The number of nitrogens with one attached hydrogen (secondary N) is 1. The summed E-state index contributed by atoms with van der Waals surface area (Å²) in [6.07, 6.45) is 3.33. The summed E-state index contributed by atoms with van der Waals surface area (Å²) < 4.78 is 42.7. The van der Waals surface area contributed by atoms with Crippen molar-refractivity contribution in [3.8, 4) is 11.1 Å². The number of hydrogen-bond donors (Lipinski definition) is 2. The molecule has 2 fully saturated rings. The lowest BCUT2D eigenvalue weighted by molar-refractivity contribution is -0.0288. The Kier molecular flexibility index (Phi) is 14.1. The predicted octanol–water partition coefficient (Wildman–Crippen LogP) is 8.37. The van der Waals surface area contributed by atoms with Gasteiger partial charge in [-0.05, 0) is 95.7 Å². The Labute approximate surface area is 352 Å². The molecule has 2 saturated heterocycles. The SMILES string of the molecule is COC1(Cc2ccccc2-c2ccccc2)CCN(c2ccc(C(N)=NS(=O)(=O)c3ccc(N[C@H](CCN4CCOCC4)CSc4ccccc4)c(N=O)c3)cc2)CC1. The number of ether oxygens (including phenoxy) is 2. The molecule has 3 N–H and O–H groups in total. The molecule has 5 aromatic carbocycles. The summed E-state index contributed by atoms with van der Waals surface area (Å²) in [5.74, 6) is 0.594. The van der Waals surface area contributed by atoms with Crippen LogP contribution in [0.5, 0.6) is 0 Å². The number of piperidine rings is 1. The van der Waals surface area contributed by atoms with Crippen LogP contribution in [0.4, 0.5) is 17.1 Å². The summed E-state index contributed by atoms with van der Waals surface area (Å²) in [5.41, 5.74) is 11.6. The number of anilines is 2. The summed E-state index contributed by atoms with van der Waals surface area (Å²) in [7, 11) is -2.45. The molecule has 0 bridgehead atoms. The Balaban J connectivity index is 0.990. The number of morpholine rings is 1. The van der Waals surface area contributed by atoms with E-state index in [0.29, 0.717) is 24.5 Å². The van der Waals surface area contributed by atoms with E-state index in [0.717, 1.165) is 74.7 Å². The van der Waals surface area contributed by atoms with Crippen molar-refractivity contribution in [2.24, 2.45) is 15.3 Å². The zero-order valence-corrected chi connectivity index (χ0v) is 35.0. The van der Waals surface area contributed by atoms with Crippen LogP contribution in [0.1, 0.15) is 30.4 Å². The monoisotopic (exact) mass is 832 g/mol. The van der Waals surface area contributed by atoms with Crippen LogP contribution in [0, 0.1) is 4.91 Å². The lowest BCUT2D eigenvalue weighted by Crippen LogP contribution is -2.47. The molecular formula is C46H52N6O5S2. The lowest BCUT2D eigenvalue weighted by atomic mass is 9.82. The second kappa shape index (κ2) is 19.8. The van der Waals surface area contributed by atoms with Gasteiger partial charge in [-0.3, -0.25) is 4.90 Å². The normalized spacial score (nSPS) is 16.7. The molecule has 11 nitrogen and oxygen atoms in total. The third-order valence-corrected chi connectivity index (χ3v) is 13.7. The highest BCUT2D eigenvalue weighted by Gasteiger charge is 2.35. The highest BCUT2D eigenvalue weighted by molar-refractivity contribution is 7.99. The Morgan fingerprint density at radius 3 is 2.25 bits per heavy atom. The van der Waals surface area contributed by atoms with Crippen LogP contribution in [-0.4, -0.2) is 89.6 Å². The molecule has 308 valence electrons. The summed E-state index contributed by atoms with van der Waals surface area (Å²) in [6, 6.07) is 40.8. The molecule has 2 aliphatic rings. The van der Waals surface area contributed by atoms with Gasteiger partial charge < -0.3 is 25.4 Å². The summed E-state index contributed by atoms with van der Waals surface area (Å²) in [5, 5.41) is 6.68. The quantitative estimate of drug-likeness (QED) is 0.0407. The minimum absolute atomic E-state index is 0.00953. The van der Waals surface area contributed by atoms with Crippen LogP contribution in [0.2, 0.25) is 0 Å². The smallest absolute Gasteiger partial charge is 0.284 e. The molecule has 5 aromatic rings. The summed E-state index contributed by atoms with van der Waals surface area (Å²) in [4.78, 5) is 17.7. The van der Waals surface area contributed by atoms with E-state index in [1.165, 1.54) is 28.8 Å². The average Bonchev–Trinajstić information content (AvgIpc) is 3.28. The van der Waals surface area contributed by atoms with E-state index in [9.17, 15) is 13.3 Å². The Bertz CT molecular complexity index is 2280. The zero-order chi connectivity index (χ0) is 41.1. The van der Waals surface area contributed by atoms with E-state index in [1.54, 1.807) is 30.0 Å². The van der Waals surface area contributed by atoms with Crippen molar-refractivity contribution >= 4 is 44.7 Å². The summed E-state index contributed by atoms with van der Waals surface area (Å²) >= 11 is 1.72. The van der Waals surface area contributed by atoms with E-state index in [2.05, 4.69) is 85.4 Å². The van der Waals surface area contributed by atoms with Crippen LogP contribution < -0.4 is 16.0 Å². The number of nitrogens with two attached hydrogens (primary N) is 1. The van der Waals surface area contributed by atoms with Crippen molar-refractivity contribution in [1.29, 1.82) is 0 Å². The average molecular weight is 833 g/mol. The van der Waals surface area contributed by atoms with Crippen LogP contribution >= 0.6 is 11.8 Å². The largest absolute Gasteiger partial charge is 0.383 e. The van der Waals surface area contributed by atoms with E-state index < -0.39 is 10.0 Å². The van der Waals surface area contributed by atoms with Gasteiger partial charge in [0.1, 0.15) is 11.5 Å². The molecule has 0 amide bonds. The number of methoxy groups -OCH3 is 1. The highest BCUT2D eigenvalue weighted by atomic mass is 32.2. The molecule has 0 unspecified atom stereocenters. The van der Waals surface area contributed by atoms with Crippen LogP contribution in [-0.2, 0) is 25.9 Å². The van der Waals surface area contributed by atoms with Crippen molar-refractivity contribution in [1.82, 2.24) is 4.90 Å². The number of nitrogens with zero attached hydrogens (tertiary/aromatic N) is 4. The molecule has 0 radical (unpaired) electrons. The van der Waals surface area contributed by atoms with Crippen molar-refractivity contribution < 1.29 is 17.9 Å². The number of benzene rings is 5. The Morgan fingerprint density at radius 2 is 1.56 bits per heavy atom.